The zero-order valence-electron chi connectivity index (χ0n) is 16.8. The Balaban J connectivity index is 0.00000210. The molecule has 1 heterocycles. The van der Waals surface area contributed by atoms with Crippen LogP contribution in [-0.2, 0) is 14.8 Å². The summed E-state index contributed by atoms with van der Waals surface area (Å²) >= 11 is 0. The predicted molar refractivity (Wildman–Crippen MR) is 120 cm³/mol. The molecular weight excluding hydrogens is 435 g/mol. The molecule has 0 unspecified atom stereocenters. The number of nitrogens with zero attached hydrogens (tertiary/aromatic N) is 2. The second-order valence-corrected chi connectivity index (χ2v) is 9.48. The van der Waals surface area contributed by atoms with E-state index in [4.69, 9.17) is 5.73 Å². The number of sulfonamides is 1. The summed E-state index contributed by atoms with van der Waals surface area (Å²) in [7, 11) is -3.57. The number of nitrogens with two attached hydrogens (primary N) is 1. The number of anilines is 1. The van der Waals surface area contributed by atoms with Gasteiger partial charge in [0.25, 0.3) is 0 Å². The lowest BCUT2D eigenvalue weighted by molar-refractivity contribution is -0.122. The number of hydrogen-bond donors (Lipinski definition) is 2. The lowest BCUT2D eigenvalue weighted by Crippen LogP contribution is -2.52. The number of hydrogen-bond acceptors (Lipinski definition) is 5. The van der Waals surface area contributed by atoms with Crippen molar-refractivity contribution >= 4 is 46.4 Å². The molecule has 3 rings (SSSR count). The Morgan fingerprint density at radius 2 is 1.72 bits per heavy atom. The van der Waals surface area contributed by atoms with Gasteiger partial charge in [0.05, 0.1) is 10.4 Å². The standard InChI is InChI=1S/C19H30N4O3S.2ClH/c1-2-22-11-13-23(14-12-22)27(25,26)17-8-6-7-16(15-17)21-18(24)19(20)9-4-3-5-10-19;;/h6-8,15H,2-5,9-14,20H2,1H3,(H,21,24);2*1H. The van der Waals surface area contributed by atoms with Crippen molar-refractivity contribution in [1.82, 2.24) is 9.21 Å². The predicted octanol–water partition coefficient (Wildman–Crippen LogP) is 2.46. The highest BCUT2D eigenvalue weighted by Crippen LogP contribution is 2.28. The average Bonchev–Trinajstić information content (AvgIpc) is 2.69. The minimum atomic E-state index is -3.57. The summed E-state index contributed by atoms with van der Waals surface area (Å²) in [6.07, 6.45) is 4.33. The lowest BCUT2D eigenvalue weighted by Gasteiger charge is -2.33. The van der Waals surface area contributed by atoms with Crippen molar-refractivity contribution in [3.8, 4) is 0 Å². The highest BCUT2D eigenvalue weighted by molar-refractivity contribution is 7.89. The Bertz CT molecular complexity index is 777. The van der Waals surface area contributed by atoms with Crippen LogP contribution in [0.4, 0.5) is 5.69 Å². The Hall–Kier alpha value is -0.900. The van der Waals surface area contributed by atoms with E-state index in [1.807, 2.05) is 0 Å². The van der Waals surface area contributed by atoms with Gasteiger partial charge in [-0.1, -0.05) is 32.3 Å². The van der Waals surface area contributed by atoms with E-state index in [1.165, 1.54) is 10.4 Å². The molecule has 1 aromatic carbocycles. The summed E-state index contributed by atoms with van der Waals surface area (Å²) in [4.78, 5) is 15.1. The van der Waals surface area contributed by atoms with E-state index in [1.54, 1.807) is 18.2 Å². The highest BCUT2D eigenvalue weighted by Gasteiger charge is 2.35. The van der Waals surface area contributed by atoms with Crippen molar-refractivity contribution < 1.29 is 13.2 Å². The lowest BCUT2D eigenvalue weighted by atomic mass is 9.82. The fraction of sp³-hybridized carbons (Fsp3) is 0.632. The molecule has 10 heteroatoms. The molecule has 1 aliphatic heterocycles. The number of benzene rings is 1. The van der Waals surface area contributed by atoms with E-state index < -0.39 is 15.6 Å². The Kier molecular flexibility index (Phi) is 9.85. The van der Waals surface area contributed by atoms with Gasteiger partial charge in [0, 0.05) is 31.9 Å². The molecule has 1 saturated carbocycles. The van der Waals surface area contributed by atoms with Crippen molar-refractivity contribution in [2.45, 2.75) is 49.5 Å². The normalized spacial score (nSPS) is 20.2. The number of carbonyl (C=O) groups excluding carboxylic acids is 1. The Morgan fingerprint density at radius 3 is 2.31 bits per heavy atom. The molecule has 1 amide bonds. The maximum absolute atomic E-state index is 13.0. The molecule has 0 atom stereocenters. The van der Waals surface area contributed by atoms with Crippen molar-refractivity contribution in [3.63, 3.8) is 0 Å². The maximum atomic E-state index is 13.0. The van der Waals surface area contributed by atoms with Crippen molar-refractivity contribution in [3.05, 3.63) is 24.3 Å². The monoisotopic (exact) mass is 466 g/mol. The van der Waals surface area contributed by atoms with E-state index in [-0.39, 0.29) is 35.6 Å². The largest absolute Gasteiger partial charge is 0.324 e. The third-order valence-electron chi connectivity index (χ3n) is 5.71. The molecule has 1 aliphatic carbocycles. The second kappa shape index (κ2) is 10.9. The van der Waals surface area contributed by atoms with Crippen LogP contribution in [-0.4, -0.2) is 61.8 Å². The van der Waals surface area contributed by atoms with E-state index in [9.17, 15) is 13.2 Å². The quantitative estimate of drug-likeness (QED) is 0.694. The zero-order valence-corrected chi connectivity index (χ0v) is 19.3. The first kappa shape index (κ1) is 26.1. The molecule has 0 aromatic heterocycles. The molecule has 1 saturated heterocycles. The van der Waals surface area contributed by atoms with Crippen LogP contribution in [0.5, 0.6) is 0 Å². The van der Waals surface area contributed by atoms with Crippen LogP contribution >= 0.6 is 24.8 Å². The number of carbonyl (C=O) groups is 1. The van der Waals surface area contributed by atoms with Crippen LogP contribution in [0.25, 0.3) is 0 Å². The van der Waals surface area contributed by atoms with Crippen LogP contribution in [0, 0.1) is 0 Å². The van der Waals surface area contributed by atoms with Gasteiger partial charge in [-0.3, -0.25) is 4.79 Å². The number of nitrogens with one attached hydrogen (secondary N) is 1. The van der Waals surface area contributed by atoms with Gasteiger partial charge in [-0.2, -0.15) is 4.31 Å². The Morgan fingerprint density at radius 1 is 1.10 bits per heavy atom. The number of piperazine rings is 1. The fourth-order valence-electron chi connectivity index (χ4n) is 3.83. The third kappa shape index (κ3) is 6.06. The third-order valence-corrected chi connectivity index (χ3v) is 7.60. The van der Waals surface area contributed by atoms with Crippen LogP contribution in [0.1, 0.15) is 39.0 Å². The molecule has 1 aromatic rings. The SMILES string of the molecule is CCN1CCN(S(=O)(=O)c2cccc(NC(=O)C3(N)CCCCC3)c2)CC1.Cl.Cl. The molecule has 3 N–H and O–H groups in total. The fourth-order valence-corrected chi connectivity index (χ4v) is 5.30. The molecule has 0 spiro atoms. The first-order valence-electron chi connectivity index (χ1n) is 9.78. The van der Waals surface area contributed by atoms with Crippen LogP contribution in [0.15, 0.2) is 29.2 Å². The number of halogens is 2. The molecule has 2 aliphatic rings. The van der Waals surface area contributed by atoms with Gasteiger partial charge < -0.3 is 16.0 Å². The van der Waals surface area contributed by atoms with E-state index in [0.717, 1.165) is 38.9 Å². The maximum Gasteiger partial charge on any atom is 0.244 e. The van der Waals surface area contributed by atoms with Gasteiger partial charge in [0.15, 0.2) is 0 Å². The summed E-state index contributed by atoms with van der Waals surface area (Å²) in [6.45, 7) is 5.45. The molecule has 29 heavy (non-hydrogen) atoms. The van der Waals surface area contributed by atoms with E-state index in [0.29, 0.717) is 31.6 Å². The highest BCUT2D eigenvalue weighted by atomic mass is 35.5. The van der Waals surface area contributed by atoms with E-state index >= 15 is 0 Å². The van der Waals surface area contributed by atoms with Gasteiger partial charge >= 0.3 is 0 Å². The summed E-state index contributed by atoms with van der Waals surface area (Å²) in [5, 5.41) is 2.83. The minimum Gasteiger partial charge on any atom is -0.324 e. The van der Waals surface area contributed by atoms with Crippen molar-refractivity contribution in [2.75, 3.05) is 38.0 Å². The molecule has 0 bridgehead atoms. The van der Waals surface area contributed by atoms with Crippen LogP contribution in [0.3, 0.4) is 0 Å². The van der Waals surface area contributed by atoms with Gasteiger partial charge in [0.2, 0.25) is 15.9 Å². The summed E-state index contributed by atoms with van der Waals surface area (Å²) < 4.78 is 27.4. The topological polar surface area (TPSA) is 95.7 Å². The van der Waals surface area contributed by atoms with Crippen molar-refractivity contribution in [2.24, 2.45) is 5.73 Å². The van der Waals surface area contributed by atoms with E-state index in [2.05, 4.69) is 17.1 Å². The zero-order chi connectivity index (χ0) is 19.5. The number of amides is 1. The molecular formula is C19H32Cl2N4O3S. The Labute approximate surface area is 186 Å². The van der Waals surface area contributed by atoms with Crippen LogP contribution < -0.4 is 11.1 Å². The van der Waals surface area contributed by atoms with Gasteiger partial charge in [0.1, 0.15) is 0 Å². The summed E-state index contributed by atoms with van der Waals surface area (Å²) in [5.74, 6) is -0.228. The van der Waals surface area contributed by atoms with Gasteiger partial charge in [-0.25, -0.2) is 8.42 Å². The summed E-state index contributed by atoms with van der Waals surface area (Å²) in [6, 6.07) is 6.48. The first-order chi connectivity index (χ1) is 12.8. The molecule has 2 fully saturated rings. The minimum absolute atomic E-state index is 0. The van der Waals surface area contributed by atoms with Crippen LogP contribution in [0.2, 0.25) is 0 Å². The molecule has 7 nitrogen and oxygen atoms in total. The van der Waals surface area contributed by atoms with Gasteiger partial charge in [-0.15, -0.1) is 24.8 Å². The number of likely N-dealkylation sites (N-methyl/N-ethyl adjacent to an activating group) is 1. The average molecular weight is 467 g/mol. The van der Waals surface area contributed by atoms with Crippen molar-refractivity contribution in [1.29, 1.82) is 0 Å². The second-order valence-electron chi connectivity index (χ2n) is 7.54. The smallest absolute Gasteiger partial charge is 0.244 e. The molecule has 0 radical (unpaired) electrons. The first-order valence-corrected chi connectivity index (χ1v) is 11.2. The molecule has 166 valence electrons. The number of rotatable bonds is 5. The summed E-state index contributed by atoms with van der Waals surface area (Å²) in [5.41, 5.74) is 5.89. The van der Waals surface area contributed by atoms with Gasteiger partial charge in [-0.05, 0) is 37.6 Å².